The molecule has 120 valence electrons. The van der Waals surface area contributed by atoms with Crippen LogP contribution in [0.2, 0.25) is 0 Å². The highest BCUT2D eigenvalue weighted by atomic mass is 19.4. The average molecular weight is 322 g/mol. The van der Waals surface area contributed by atoms with Gasteiger partial charge in [-0.2, -0.15) is 18.3 Å². The molecule has 1 N–H and O–H groups in total. The van der Waals surface area contributed by atoms with Crippen LogP contribution in [0.4, 0.5) is 19.0 Å². The monoisotopic (exact) mass is 322 g/mol. The molecule has 0 spiro atoms. The lowest BCUT2D eigenvalue weighted by Crippen LogP contribution is -2.12. The number of aryl methyl sites for hydroxylation is 1. The molecule has 3 heterocycles. The zero-order valence-electron chi connectivity index (χ0n) is 12.2. The molecule has 0 atom stereocenters. The Labute approximate surface area is 129 Å². The van der Waals surface area contributed by atoms with E-state index in [4.69, 9.17) is 0 Å². The molecule has 3 rings (SSSR count). The minimum Gasteiger partial charge on any atom is -0.365 e. The van der Waals surface area contributed by atoms with Gasteiger partial charge in [0, 0.05) is 36.4 Å². The van der Waals surface area contributed by atoms with Crippen LogP contribution >= 0.6 is 0 Å². The van der Waals surface area contributed by atoms with E-state index in [1.807, 2.05) is 0 Å². The summed E-state index contributed by atoms with van der Waals surface area (Å²) in [6.45, 7) is 2.06. The molecule has 0 bridgehead atoms. The number of pyridine rings is 1. The van der Waals surface area contributed by atoms with Gasteiger partial charge in [-0.1, -0.05) is 0 Å². The van der Waals surface area contributed by atoms with Crippen LogP contribution in [-0.2, 0) is 19.3 Å². The minimum atomic E-state index is -4.49. The molecular formula is C14H13F3N6. The Bertz CT molecular complexity index is 821. The SMILES string of the molecule is CCn1cc(CNc2ncnc3cnccc23)c(C(F)(F)F)n1. The lowest BCUT2D eigenvalue weighted by Gasteiger charge is -2.09. The number of nitrogens with one attached hydrogen (secondary N) is 1. The number of hydrogen-bond acceptors (Lipinski definition) is 5. The van der Waals surface area contributed by atoms with Gasteiger partial charge in [-0.3, -0.25) is 9.67 Å². The topological polar surface area (TPSA) is 68.5 Å². The molecule has 0 aliphatic rings. The van der Waals surface area contributed by atoms with Gasteiger partial charge in [-0.15, -0.1) is 0 Å². The van der Waals surface area contributed by atoms with Crippen molar-refractivity contribution in [3.05, 3.63) is 42.2 Å². The number of nitrogens with zero attached hydrogens (tertiary/aromatic N) is 5. The Hall–Kier alpha value is -2.71. The first-order valence-electron chi connectivity index (χ1n) is 6.91. The van der Waals surface area contributed by atoms with Crippen LogP contribution in [-0.4, -0.2) is 24.7 Å². The van der Waals surface area contributed by atoms with Crippen molar-refractivity contribution in [3.8, 4) is 0 Å². The number of halogens is 3. The molecular weight excluding hydrogens is 309 g/mol. The molecule has 0 fully saturated rings. The minimum absolute atomic E-state index is 0.0384. The summed E-state index contributed by atoms with van der Waals surface area (Å²) in [5, 5.41) is 7.20. The van der Waals surface area contributed by atoms with Gasteiger partial charge in [0.1, 0.15) is 12.1 Å². The first-order chi connectivity index (χ1) is 11.0. The van der Waals surface area contributed by atoms with Gasteiger partial charge in [-0.25, -0.2) is 9.97 Å². The van der Waals surface area contributed by atoms with E-state index in [1.165, 1.54) is 17.2 Å². The number of fused-ring (bicyclic) bond motifs is 1. The maximum absolute atomic E-state index is 13.0. The van der Waals surface area contributed by atoms with Crippen molar-refractivity contribution >= 4 is 16.7 Å². The van der Waals surface area contributed by atoms with Crippen LogP contribution in [0, 0.1) is 0 Å². The third-order valence-electron chi connectivity index (χ3n) is 3.32. The second-order valence-corrected chi connectivity index (χ2v) is 4.83. The van der Waals surface area contributed by atoms with Crippen molar-refractivity contribution in [1.29, 1.82) is 0 Å². The van der Waals surface area contributed by atoms with Crippen molar-refractivity contribution in [2.45, 2.75) is 26.2 Å². The highest BCUT2D eigenvalue weighted by Gasteiger charge is 2.36. The summed E-state index contributed by atoms with van der Waals surface area (Å²) in [5.41, 5.74) is -0.197. The molecule has 3 aromatic rings. The Morgan fingerprint density at radius 3 is 2.83 bits per heavy atom. The molecule has 0 aliphatic carbocycles. The van der Waals surface area contributed by atoms with Crippen molar-refractivity contribution in [2.75, 3.05) is 5.32 Å². The molecule has 0 amide bonds. The summed E-state index contributed by atoms with van der Waals surface area (Å²) in [7, 11) is 0. The number of alkyl halides is 3. The van der Waals surface area contributed by atoms with Crippen LogP contribution in [0.5, 0.6) is 0 Å². The molecule has 0 aromatic carbocycles. The number of anilines is 1. The second-order valence-electron chi connectivity index (χ2n) is 4.83. The highest BCUT2D eigenvalue weighted by Crippen LogP contribution is 2.31. The molecule has 0 unspecified atom stereocenters. The zero-order chi connectivity index (χ0) is 16.4. The number of hydrogen-bond donors (Lipinski definition) is 1. The van der Waals surface area contributed by atoms with Gasteiger partial charge in [-0.05, 0) is 13.0 Å². The van der Waals surface area contributed by atoms with Crippen molar-refractivity contribution in [1.82, 2.24) is 24.7 Å². The first kappa shape index (κ1) is 15.2. The van der Waals surface area contributed by atoms with Crippen LogP contribution in [0.1, 0.15) is 18.2 Å². The maximum atomic E-state index is 13.0. The summed E-state index contributed by atoms with van der Waals surface area (Å²) < 4.78 is 40.4. The van der Waals surface area contributed by atoms with Crippen LogP contribution in [0.3, 0.4) is 0 Å². The lowest BCUT2D eigenvalue weighted by molar-refractivity contribution is -0.142. The van der Waals surface area contributed by atoms with E-state index in [1.54, 1.807) is 25.4 Å². The predicted octanol–water partition coefficient (Wildman–Crippen LogP) is 2.87. The molecule has 3 aromatic heterocycles. The van der Waals surface area contributed by atoms with Crippen molar-refractivity contribution in [2.24, 2.45) is 0 Å². The van der Waals surface area contributed by atoms with Gasteiger partial charge in [0.25, 0.3) is 0 Å². The van der Waals surface area contributed by atoms with Crippen LogP contribution < -0.4 is 5.32 Å². The fourth-order valence-electron chi connectivity index (χ4n) is 2.22. The van der Waals surface area contributed by atoms with E-state index in [0.717, 1.165) is 0 Å². The lowest BCUT2D eigenvalue weighted by atomic mass is 10.2. The van der Waals surface area contributed by atoms with Gasteiger partial charge >= 0.3 is 6.18 Å². The number of rotatable bonds is 4. The average Bonchev–Trinajstić information content (AvgIpc) is 2.96. The van der Waals surface area contributed by atoms with E-state index in [2.05, 4.69) is 25.4 Å². The molecule has 0 saturated carbocycles. The van der Waals surface area contributed by atoms with Crippen molar-refractivity contribution < 1.29 is 13.2 Å². The molecule has 0 saturated heterocycles. The van der Waals surface area contributed by atoms with Crippen molar-refractivity contribution in [3.63, 3.8) is 0 Å². The summed E-state index contributed by atoms with van der Waals surface area (Å²) in [5.74, 6) is 0.453. The molecule has 9 heteroatoms. The van der Waals surface area contributed by atoms with Gasteiger partial charge < -0.3 is 5.32 Å². The fraction of sp³-hybridized carbons (Fsp3) is 0.286. The summed E-state index contributed by atoms with van der Waals surface area (Å²) in [4.78, 5) is 12.1. The summed E-state index contributed by atoms with van der Waals surface area (Å²) in [6, 6.07) is 1.71. The second kappa shape index (κ2) is 5.82. The Morgan fingerprint density at radius 2 is 2.09 bits per heavy atom. The smallest absolute Gasteiger partial charge is 0.365 e. The molecule has 0 radical (unpaired) electrons. The zero-order valence-corrected chi connectivity index (χ0v) is 12.2. The Morgan fingerprint density at radius 1 is 1.26 bits per heavy atom. The highest BCUT2D eigenvalue weighted by molar-refractivity contribution is 5.87. The van der Waals surface area contributed by atoms with E-state index < -0.39 is 11.9 Å². The van der Waals surface area contributed by atoms with Gasteiger partial charge in [0.15, 0.2) is 5.69 Å². The Balaban J connectivity index is 1.89. The Kier molecular flexibility index (Phi) is 3.85. The van der Waals surface area contributed by atoms with E-state index in [-0.39, 0.29) is 12.1 Å². The molecule has 0 aliphatic heterocycles. The van der Waals surface area contributed by atoms with E-state index in [0.29, 0.717) is 23.3 Å². The summed E-state index contributed by atoms with van der Waals surface area (Å²) >= 11 is 0. The molecule has 6 nitrogen and oxygen atoms in total. The predicted molar refractivity (Wildman–Crippen MR) is 77.6 cm³/mol. The first-order valence-corrected chi connectivity index (χ1v) is 6.91. The molecule has 23 heavy (non-hydrogen) atoms. The van der Waals surface area contributed by atoms with E-state index >= 15 is 0 Å². The van der Waals surface area contributed by atoms with Gasteiger partial charge in [0.05, 0.1) is 11.7 Å². The van der Waals surface area contributed by atoms with Gasteiger partial charge in [0.2, 0.25) is 0 Å². The largest absolute Gasteiger partial charge is 0.435 e. The normalized spacial score (nSPS) is 11.8. The summed E-state index contributed by atoms with van der Waals surface area (Å²) in [6.07, 6.45) is 1.38. The third kappa shape index (κ3) is 3.08. The maximum Gasteiger partial charge on any atom is 0.435 e. The third-order valence-corrected chi connectivity index (χ3v) is 3.32. The number of aromatic nitrogens is 5. The standard InChI is InChI=1S/C14H13F3N6/c1-2-23-7-9(12(22-23)14(15,16)17)5-19-13-10-3-4-18-6-11(10)20-8-21-13/h3-4,6-8H,2,5H2,1H3,(H,19,20,21). The fourth-order valence-corrected chi connectivity index (χ4v) is 2.22. The van der Waals surface area contributed by atoms with E-state index in [9.17, 15) is 13.2 Å². The quantitative estimate of drug-likeness (QED) is 0.800. The van der Waals surface area contributed by atoms with Crippen LogP contribution in [0.25, 0.3) is 10.9 Å². The van der Waals surface area contributed by atoms with Crippen LogP contribution in [0.15, 0.2) is 31.0 Å².